The summed E-state index contributed by atoms with van der Waals surface area (Å²) in [7, 11) is 1.61. The Morgan fingerprint density at radius 2 is 1.46 bits per heavy atom. The summed E-state index contributed by atoms with van der Waals surface area (Å²) in [5.41, 5.74) is 7.16. The third kappa shape index (κ3) is 5.89. The largest absolute Gasteiger partial charge is 0.378 e. The number of amides is 3. The van der Waals surface area contributed by atoms with Crippen LogP contribution in [0.5, 0.6) is 0 Å². The molecule has 0 spiro atoms. The molecule has 0 aromatic heterocycles. The number of nitrogens with two attached hydrogens (primary N) is 1. The van der Waals surface area contributed by atoms with Crippen LogP contribution in [0.4, 0.5) is 8.78 Å². The number of nitrogens with zero attached hydrogens (tertiary/aromatic N) is 2. The third-order valence-electron chi connectivity index (χ3n) is 7.19. The van der Waals surface area contributed by atoms with Gasteiger partial charge in [0.25, 0.3) is 5.91 Å². The number of carbonyl (C=O) groups is 3. The van der Waals surface area contributed by atoms with Crippen LogP contribution in [0.15, 0.2) is 78.9 Å². The Bertz CT molecular complexity index is 1320. The summed E-state index contributed by atoms with van der Waals surface area (Å²) in [6.07, 6.45) is -1.15. The summed E-state index contributed by atoms with van der Waals surface area (Å²) in [6, 6.07) is 17.8. The summed E-state index contributed by atoms with van der Waals surface area (Å²) in [6.45, 7) is 1.37. The summed E-state index contributed by atoms with van der Waals surface area (Å²) in [4.78, 5) is 43.7. The quantitative estimate of drug-likeness (QED) is 0.499. The first-order chi connectivity index (χ1) is 18.6. The van der Waals surface area contributed by atoms with Crippen LogP contribution in [0.1, 0.15) is 54.5 Å². The van der Waals surface area contributed by atoms with Gasteiger partial charge in [0.1, 0.15) is 17.7 Å². The molecule has 204 valence electrons. The third-order valence-corrected chi connectivity index (χ3v) is 7.19. The van der Waals surface area contributed by atoms with Crippen molar-refractivity contribution in [3.05, 3.63) is 107 Å². The minimum atomic E-state index is -2.11. The molecule has 3 aromatic carbocycles. The average Bonchev–Trinajstić information content (AvgIpc) is 3.05. The van der Waals surface area contributed by atoms with E-state index >= 15 is 0 Å². The normalized spacial score (nSPS) is 21.1. The van der Waals surface area contributed by atoms with Gasteiger partial charge in [-0.05, 0) is 48.6 Å². The van der Waals surface area contributed by atoms with Crippen molar-refractivity contribution in [2.45, 2.75) is 49.9 Å². The standard InChI is InChI=1S/C30H31F2N3O4/c1-18(33)28(37)35(30(39)27(36)21-15-22(31)17-23(32)16-21)26-24(19-9-5-3-6-10-19)13-14-25(34(2)29(26)38)20-11-7-4-8-12-20/h3-12,15-18,24-27,36H,13-14,33H2,1-2H3/t18-,24+,25+,26-,27+/m0/s1. The molecule has 3 aromatic rings. The molecule has 0 aliphatic carbocycles. The highest BCUT2D eigenvalue weighted by atomic mass is 19.1. The first-order valence-electron chi connectivity index (χ1n) is 12.7. The van der Waals surface area contributed by atoms with Crippen LogP contribution in [0.2, 0.25) is 0 Å². The number of hydrogen-bond acceptors (Lipinski definition) is 5. The number of aliphatic hydroxyl groups is 1. The first-order valence-corrected chi connectivity index (χ1v) is 12.7. The van der Waals surface area contributed by atoms with Crippen LogP contribution in [0.25, 0.3) is 0 Å². The van der Waals surface area contributed by atoms with Crippen molar-refractivity contribution in [1.82, 2.24) is 9.80 Å². The molecule has 3 amide bonds. The van der Waals surface area contributed by atoms with Crippen LogP contribution in [0, 0.1) is 11.6 Å². The van der Waals surface area contributed by atoms with Crippen molar-refractivity contribution in [3.63, 3.8) is 0 Å². The van der Waals surface area contributed by atoms with E-state index in [1.807, 2.05) is 48.5 Å². The van der Waals surface area contributed by atoms with E-state index < -0.39 is 53.5 Å². The maximum atomic E-state index is 14.2. The van der Waals surface area contributed by atoms with Crippen molar-refractivity contribution in [1.29, 1.82) is 0 Å². The van der Waals surface area contributed by atoms with E-state index in [1.165, 1.54) is 11.8 Å². The maximum absolute atomic E-state index is 14.2. The predicted octanol–water partition coefficient (Wildman–Crippen LogP) is 3.85. The fraction of sp³-hybridized carbons (Fsp3) is 0.300. The van der Waals surface area contributed by atoms with Gasteiger partial charge in [0.15, 0.2) is 6.10 Å². The summed E-state index contributed by atoms with van der Waals surface area (Å²) < 4.78 is 27.9. The molecule has 9 heteroatoms. The molecule has 1 aliphatic rings. The fourth-order valence-corrected chi connectivity index (χ4v) is 5.24. The molecule has 0 saturated carbocycles. The molecular formula is C30H31F2N3O4. The second kappa shape index (κ2) is 11.8. The number of rotatable bonds is 6. The van der Waals surface area contributed by atoms with Crippen molar-refractivity contribution in [2.24, 2.45) is 5.73 Å². The highest BCUT2D eigenvalue weighted by Gasteiger charge is 2.47. The van der Waals surface area contributed by atoms with Gasteiger partial charge < -0.3 is 15.7 Å². The topological polar surface area (TPSA) is 104 Å². The molecule has 1 aliphatic heterocycles. The Hall–Kier alpha value is -3.95. The highest BCUT2D eigenvalue weighted by molar-refractivity contribution is 6.04. The summed E-state index contributed by atoms with van der Waals surface area (Å²) in [5, 5.41) is 10.9. The Labute approximate surface area is 225 Å². The van der Waals surface area contributed by atoms with Crippen molar-refractivity contribution in [3.8, 4) is 0 Å². The van der Waals surface area contributed by atoms with Gasteiger partial charge in [-0.15, -0.1) is 0 Å². The lowest BCUT2D eigenvalue weighted by atomic mass is 9.85. The van der Waals surface area contributed by atoms with Gasteiger partial charge in [0, 0.05) is 19.0 Å². The minimum Gasteiger partial charge on any atom is -0.378 e. The Morgan fingerprint density at radius 1 is 0.923 bits per heavy atom. The van der Waals surface area contributed by atoms with Crippen LogP contribution in [-0.2, 0) is 14.4 Å². The van der Waals surface area contributed by atoms with Gasteiger partial charge in [0.05, 0.1) is 12.1 Å². The number of likely N-dealkylation sites (tertiary alicyclic amines) is 1. The Morgan fingerprint density at radius 3 is 2.00 bits per heavy atom. The number of aliphatic hydroxyl groups excluding tert-OH is 1. The van der Waals surface area contributed by atoms with Gasteiger partial charge in [-0.1, -0.05) is 60.7 Å². The van der Waals surface area contributed by atoms with E-state index in [0.29, 0.717) is 23.8 Å². The molecule has 4 rings (SSSR count). The smallest absolute Gasteiger partial charge is 0.263 e. The van der Waals surface area contributed by atoms with E-state index in [0.717, 1.165) is 23.3 Å². The molecule has 1 heterocycles. The van der Waals surface area contributed by atoms with E-state index in [9.17, 15) is 28.3 Å². The number of benzene rings is 3. The van der Waals surface area contributed by atoms with Crippen LogP contribution < -0.4 is 5.73 Å². The fourth-order valence-electron chi connectivity index (χ4n) is 5.24. The second-order valence-corrected chi connectivity index (χ2v) is 9.86. The summed E-state index contributed by atoms with van der Waals surface area (Å²) in [5.74, 6) is -5.22. The molecule has 7 nitrogen and oxygen atoms in total. The molecule has 1 saturated heterocycles. The second-order valence-electron chi connectivity index (χ2n) is 9.86. The molecule has 0 bridgehead atoms. The molecule has 3 N–H and O–H groups in total. The number of imide groups is 1. The highest BCUT2D eigenvalue weighted by Crippen LogP contribution is 2.39. The predicted molar refractivity (Wildman–Crippen MR) is 141 cm³/mol. The molecular weight excluding hydrogens is 504 g/mol. The van der Waals surface area contributed by atoms with Crippen LogP contribution in [-0.4, -0.2) is 51.8 Å². The number of carbonyl (C=O) groups excluding carboxylic acids is 3. The molecule has 5 atom stereocenters. The van der Waals surface area contributed by atoms with Gasteiger partial charge in [0.2, 0.25) is 11.8 Å². The van der Waals surface area contributed by atoms with Gasteiger partial charge >= 0.3 is 0 Å². The van der Waals surface area contributed by atoms with Crippen molar-refractivity contribution < 1.29 is 28.3 Å². The zero-order valence-electron chi connectivity index (χ0n) is 21.7. The lowest BCUT2D eigenvalue weighted by molar-refractivity contribution is -0.160. The maximum Gasteiger partial charge on any atom is 0.263 e. The van der Waals surface area contributed by atoms with Gasteiger partial charge in [-0.2, -0.15) is 0 Å². The molecule has 0 radical (unpaired) electrons. The van der Waals surface area contributed by atoms with E-state index in [-0.39, 0.29) is 11.6 Å². The number of halogens is 2. The van der Waals surface area contributed by atoms with E-state index in [4.69, 9.17) is 5.73 Å². The van der Waals surface area contributed by atoms with E-state index in [1.54, 1.807) is 19.2 Å². The lowest BCUT2D eigenvalue weighted by Crippen LogP contribution is -2.58. The van der Waals surface area contributed by atoms with Crippen LogP contribution in [0.3, 0.4) is 0 Å². The van der Waals surface area contributed by atoms with Gasteiger partial charge in [-0.25, -0.2) is 8.78 Å². The lowest BCUT2D eigenvalue weighted by Gasteiger charge is -2.37. The zero-order valence-corrected chi connectivity index (χ0v) is 21.7. The Balaban J connectivity index is 1.84. The minimum absolute atomic E-state index is 0.334. The van der Waals surface area contributed by atoms with Gasteiger partial charge in [-0.3, -0.25) is 19.3 Å². The molecule has 0 unspecified atom stereocenters. The molecule has 1 fully saturated rings. The summed E-state index contributed by atoms with van der Waals surface area (Å²) >= 11 is 0. The zero-order chi connectivity index (χ0) is 28.3. The van der Waals surface area contributed by atoms with Crippen molar-refractivity contribution >= 4 is 17.7 Å². The number of likely N-dealkylation sites (N-methyl/N-ethyl adjacent to an activating group) is 1. The first kappa shape index (κ1) is 28.1. The monoisotopic (exact) mass is 535 g/mol. The SMILES string of the molecule is C[C@H](N)C(=O)N(C(=O)[C@H](O)c1cc(F)cc(F)c1)[C@@H]1C(=O)N(C)[C@@H](c2ccccc2)CC[C@@H]1c1ccccc1. The van der Waals surface area contributed by atoms with Crippen LogP contribution >= 0.6 is 0 Å². The van der Waals surface area contributed by atoms with E-state index in [2.05, 4.69) is 0 Å². The van der Waals surface area contributed by atoms with Crippen molar-refractivity contribution in [2.75, 3.05) is 7.05 Å². The molecule has 39 heavy (non-hydrogen) atoms. The number of hydrogen-bond donors (Lipinski definition) is 2. The average molecular weight is 536 g/mol. The Kier molecular flexibility index (Phi) is 8.52.